The van der Waals surface area contributed by atoms with Crippen molar-refractivity contribution in [2.75, 3.05) is 0 Å². The van der Waals surface area contributed by atoms with E-state index in [0.717, 1.165) is 12.8 Å². The van der Waals surface area contributed by atoms with E-state index in [1.165, 1.54) is 6.20 Å². The lowest BCUT2D eigenvalue weighted by atomic mass is 9.98. The SMILES string of the molecule is O=C(O)c1nccc(C2(O)CCCC2)n1. The van der Waals surface area contributed by atoms with Gasteiger partial charge in [0.15, 0.2) is 0 Å². The van der Waals surface area contributed by atoms with Crippen molar-refractivity contribution in [3.8, 4) is 0 Å². The molecule has 1 heterocycles. The first-order valence-corrected chi connectivity index (χ1v) is 4.91. The number of carbonyl (C=O) groups is 1. The normalized spacial score (nSPS) is 19.0. The molecule has 1 aliphatic rings. The predicted molar refractivity (Wildman–Crippen MR) is 51.4 cm³/mol. The smallest absolute Gasteiger partial charge is 0.373 e. The van der Waals surface area contributed by atoms with Crippen molar-refractivity contribution >= 4 is 5.97 Å². The van der Waals surface area contributed by atoms with E-state index in [1.807, 2.05) is 0 Å². The van der Waals surface area contributed by atoms with Crippen molar-refractivity contribution in [1.29, 1.82) is 0 Å². The third-order valence-corrected chi connectivity index (χ3v) is 2.75. The van der Waals surface area contributed by atoms with Crippen LogP contribution in [0.4, 0.5) is 0 Å². The molecule has 0 atom stereocenters. The van der Waals surface area contributed by atoms with Gasteiger partial charge in [-0.2, -0.15) is 0 Å². The van der Waals surface area contributed by atoms with Gasteiger partial charge in [0.05, 0.1) is 5.69 Å². The largest absolute Gasteiger partial charge is 0.475 e. The van der Waals surface area contributed by atoms with E-state index in [0.29, 0.717) is 18.5 Å². The monoisotopic (exact) mass is 208 g/mol. The maximum absolute atomic E-state index is 10.7. The van der Waals surface area contributed by atoms with Crippen LogP contribution in [0.25, 0.3) is 0 Å². The maximum atomic E-state index is 10.7. The first kappa shape index (κ1) is 10.0. The van der Waals surface area contributed by atoms with Crippen molar-refractivity contribution in [2.24, 2.45) is 0 Å². The average molecular weight is 208 g/mol. The fraction of sp³-hybridized carbons (Fsp3) is 0.500. The first-order valence-electron chi connectivity index (χ1n) is 4.91. The summed E-state index contributed by atoms with van der Waals surface area (Å²) >= 11 is 0. The number of aromatic nitrogens is 2. The second-order valence-electron chi connectivity index (χ2n) is 3.81. The Labute approximate surface area is 86.8 Å². The fourth-order valence-corrected chi connectivity index (χ4v) is 1.94. The number of aromatic carboxylic acids is 1. The Hall–Kier alpha value is -1.49. The molecule has 2 N–H and O–H groups in total. The first-order chi connectivity index (χ1) is 7.12. The van der Waals surface area contributed by atoms with Crippen LogP contribution in [0.5, 0.6) is 0 Å². The molecule has 1 fully saturated rings. The van der Waals surface area contributed by atoms with Crippen LogP contribution in [-0.2, 0) is 5.60 Å². The maximum Gasteiger partial charge on any atom is 0.373 e. The number of hydrogen-bond donors (Lipinski definition) is 2. The minimum Gasteiger partial charge on any atom is -0.475 e. The quantitative estimate of drug-likeness (QED) is 0.755. The molecule has 1 aromatic heterocycles. The summed E-state index contributed by atoms with van der Waals surface area (Å²) in [5.41, 5.74) is -0.528. The molecule has 5 nitrogen and oxygen atoms in total. The number of aliphatic hydroxyl groups is 1. The highest BCUT2D eigenvalue weighted by Gasteiger charge is 2.34. The van der Waals surface area contributed by atoms with Crippen molar-refractivity contribution in [2.45, 2.75) is 31.3 Å². The molecule has 80 valence electrons. The number of carboxylic acid groups (broad SMARTS) is 1. The van der Waals surface area contributed by atoms with Crippen LogP contribution in [0, 0.1) is 0 Å². The molecule has 0 saturated heterocycles. The summed E-state index contributed by atoms with van der Waals surface area (Å²) < 4.78 is 0. The van der Waals surface area contributed by atoms with E-state index >= 15 is 0 Å². The lowest BCUT2D eigenvalue weighted by molar-refractivity contribution is 0.0392. The highest BCUT2D eigenvalue weighted by Crippen LogP contribution is 2.37. The van der Waals surface area contributed by atoms with Crippen molar-refractivity contribution in [3.05, 3.63) is 23.8 Å². The Kier molecular flexibility index (Phi) is 2.40. The molecule has 1 aliphatic carbocycles. The molecule has 0 aliphatic heterocycles. The second-order valence-corrected chi connectivity index (χ2v) is 3.81. The standard InChI is InChI=1S/C10H12N2O3/c13-9(14)8-11-6-3-7(12-8)10(15)4-1-2-5-10/h3,6,15H,1-2,4-5H2,(H,13,14). The van der Waals surface area contributed by atoms with E-state index in [-0.39, 0.29) is 5.82 Å². The molecule has 0 bridgehead atoms. The lowest BCUT2D eigenvalue weighted by Gasteiger charge is -2.20. The number of rotatable bonds is 2. The topological polar surface area (TPSA) is 83.3 Å². The Bertz CT molecular complexity index is 386. The van der Waals surface area contributed by atoms with Gasteiger partial charge < -0.3 is 10.2 Å². The molecule has 1 saturated carbocycles. The van der Waals surface area contributed by atoms with Gasteiger partial charge >= 0.3 is 5.97 Å². The Morgan fingerprint density at radius 2 is 2.07 bits per heavy atom. The molecule has 0 unspecified atom stereocenters. The summed E-state index contributed by atoms with van der Waals surface area (Å²) in [5, 5.41) is 18.9. The van der Waals surface area contributed by atoms with Gasteiger partial charge in [-0.1, -0.05) is 12.8 Å². The van der Waals surface area contributed by atoms with Crippen molar-refractivity contribution < 1.29 is 15.0 Å². The molecule has 1 aromatic rings. The summed E-state index contributed by atoms with van der Waals surface area (Å²) in [5.74, 6) is -1.42. The third kappa shape index (κ3) is 1.83. The van der Waals surface area contributed by atoms with E-state index in [1.54, 1.807) is 6.07 Å². The van der Waals surface area contributed by atoms with Crippen molar-refractivity contribution in [3.63, 3.8) is 0 Å². The van der Waals surface area contributed by atoms with Crippen LogP contribution < -0.4 is 0 Å². The summed E-state index contributed by atoms with van der Waals surface area (Å²) in [4.78, 5) is 18.2. The van der Waals surface area contributed by atoms with Crippen LogP contribution >= 0.6 is 0 Å². The van der Waals surface area contributed by atoms with Gasteiger partial charge in [0, 0.05) is 6.20 Å². The summed E-state index contributed by atoms with van der Waals surface area (Å²) in [7, 11) is 0. The van der Waals surface area contributed by atoms with Crippen LogP contribution in [0.15, 0.2) is 12.3 Å². The Morgan fingerprint density at radius 3 is 2.67 bits per heavy atom. The molecule has 2 rings (SSSR count). The number of nitrogens with zero attached hydrogens (tertiary/aromatic N) is 2. The van der Waals surface area contributed by atoms with Crippen LogP contribution in [0.1, 0.15) is 42.0 Å². The highest BCUT2D eigenvalue weighted by molar-refractivity contribution is 5.82. The Morgan fingerprint density at radius 1 is 1.40 bits per heavy atom. The molecule has 15 heavy (non-hydrogen) atoms. The molecule has 0 spiro atoms. The fourth-order valence-electron chi connectivity index (χ4n) is 1.94. The zero-order chi connectivity index (χ0) is 10.9. The van der Waals surface area contributed by atoms with Gasteiger partial charge in [0.2, 0.25) is 5.82 Å². The second kappa shape index (κ2) is 3.58. The van der Waals surface area contributed by atoms with Gasteiger partial charge in [-0.25, -0.2) is 14.8 Å². The zero-order valence-electron chi connectivity index (χ0n) is 8.18. The van der Waals surface area contributed by atoms with E-state index < -0.39 is 11.6 Å². The minimum absolute atomic E-state index is 0.257. The summed E-state index contributed by atoms with van der Waals surface area (Å²) in [6.07, 6.45) is 4.56. The lowest BCUT2D eigenvalue weighted by Crippen LogP contribution is -2.24. The molecule has 5 heteroatoms. The van der Waals surface area contributed by atoms with Gasteiger partial charge in [0.25, 0.3) is 0 Å². The summed E-state index contributed by atoms with van der Waals surface area (Å²) in [6.45, 7) is 0. The van der Waals surface area contributed by atoms with Gasteiger partial charge in [-0.3, -0.25) is 0 Å². The van der Waals surface area contributed by atoms with Gasteiger partial charge in [-0.15, -0.1) is 0 Å². The molecular weight excluding hydrogens is 196 g/mol. The van der Waals surface area contributed by atoms with E-state index in [2.05, 4.69) is 9.97 Å². The number of hydrogen-bond acceptors (Lipinski definition) is 4. The van der Waals surface area contributed by atoms with Crippen molar-refractivity contribution in [1.82, 2.24) is 9.97 Å². The minimum atomic E-state index is -1.17. The van der Waals surface area contributed by atoms with Crippen LogP contribution in [0.3, 0.4) is 0 Å². The third-order valence-electron chi connectivity index (χ3n) is 2.75. The van der Waals surface area contributed by atoms with Gasteiger partial charge in [-0.05, 0) is 18.9 Å². The van der Waals surface area contributed by atoms with E-state index in [9.17, 15) is 9.90 Å². The van der Waals surface area contributed by atoms with Crippen LogP contribution in [0.2, 0.25) is 0 Å². The Balaban J connectivity index is 2.36. The zero-order valence-corrected chi connectivity index (χ0v) is 8.18. The molecule has 0 radical (unpaired) electrons. The van der Waals surface area contributed by atoms with E-state index in [4.69, 9.17) is 5.11 Å². The average Bonchev–Trinajstić information content (AvgIpc) is 2.67. The molecule has 0 aromatic carbocycles. The highest BCUT2D eigenvalue weighted by atomic mass is 16.4. The van der Waals surface area contributed by atoms with Gasteiger partial charge in [0.1, 0.15) is 5.60 Å². The molecule has 0 amide bonds. The summed E-state index contributed by atoms with van der Waals surface area (Å²) in [6, 6.07) is 1.58. The predicted octanol–water partition coefficient (Wildman–Crippen LogP) is 0.936. The number of carboxylic acids is 1. The molecular formula is C10H12N2O3. The van der Waals surface area contributed by atoms with Crippen LogP contribution in [-0.4, -0.2) is 26.2 Å².